The van der Waals surface area contributed by atoms with Crippen molar-refractivity contribution in [1.82, 2.24) is 0 Å². The largest absolute Gasteiger partial charge is 0.497 e. The zero-order chi connectivity index (χ0) is 17.4. The maximum Gasteiger partial charge on any atom is 0.228 e. The standard InChI is InChI=1S/C19H21NO4/c1-22-16-10-8-15(9-11-16)20-19(21)6-4-5-14-7-12-17(23-2)18(13-14)24-3/h4-5,7-13H,6H2,1-3H3,(H,20,21)/b5-4+. The number of amides is 1. The van der Waals surface area contributed by atoms with Gasteiger partial charge in [0.25, 0.3) is 0 Å². The lowest BCUT2D eigenvalue weighted by molar-refractivity contribution is -0.115. The van der Waals surface area contributed by atoms with Crippen LogP contribution in [0.1, 0.15) is 12.0 Å². The molecule has 0 aliphatic heterocycles. The first-order valence-corrected chi connectivity index (χ1v) is 7.48. The molecule has 2 aromatic rings. The van der Waals surface area contributed by atoms with Gasteiger partial charge in [0.15, 0.2) is 11.5 Å². The molecule has 0 aromatic heterocycles. The van der Waals surface area contributed by atoms with E-state index in [4.69, 9.17) is 14.2 Å². The summed E-state index contributed by atoms with van der Waals surface area (Å²) < 4.78 is 15.5. The maximum atomic E-state index is 11.9. The summed E-state index contributed by atoms with van der Waals surface area (Å²) in [4.78, 5) is 11.9. The molecule has 0 radical (unpaired) electrons. The van der Waals surface area contributed by atoms with Crippen molar-refractivity contribution >= 4 is 17.7 Å². The Bertz CT molecular complexity index is 708. The summed E-state index contributed by atoms with van der Waals surface area (Å²) in [6, 6.07) is 12.8. The monoisotopic (exact) mass is 327 g/mol. The quantitative estimate of drug-likeness (QED) is 0.841. The number of anilines is 1. The molecule has 1 N–H and O–H groups in total. The van der Waals surface area contributed by atoms with Crippen molar-refractivity contribution in [2.75, 3.05) is 26.6 Å². The molecule has 126 valence electrons. The van der Waals surface area contributed by atoms with E-state index in [1.807, 2.05) is 24.3 Å². The van der Waals surface area contributed by atoms with Crippen LogP contribution in [0.5, 0.6) is 17.2 Å². The fourth-order valence-corrected chi connectivity index (χ4v) is 2.14. The second-order valence-electron chi connectivity index (χ2n) is 5.00. The van der Waals surface area contributed by atoms with Crippen LogP contribution < -0.4 is 19.5 Å². The summed E-state index contributed by atoms with van der Waals surface area (Å²) in [5.41, 5.74) is 1.67. The van der Waals surface area contributed by atoms with E-state index in [1.165, 1.54) is 0 Å². The molecular formula is C19H21NO4. The van der Waals surface area contributed by atoms with Crippen LogP contribution in [-0.4, -0.2) is 27.2 Å². The van der Waals surface area contributed by atoms with Gasteiger partial charge in [0.05, 0.1) is 21.3 Å². The highest BCUT2D eigenvalue weighted by atomic mass is 16.5. The van der Waals surface area contributed by atoms with Crippen molar-refractivity contribution in [1.29, 1.82) is 0 Å². The van der Waals surface area contributed by atoms with Gasteiger partial charge >= 0.3 is 0 Å². The molecule has 0 atom stereocenters. The number of methoxy groups -OCH3 is 3. The first-order chi connectivity index (χ1) is 11.7. The molecule has 0 aliphatic rings. The first-order valence-electron chi connectivity index (χ1n) is 7.48. The fourth-order valence-electron chi connectivity index (χ4n) is 2.14. The van der Waals surface area contributed by atoms with Crippen molar-refractivity contribution in [3.63, 3.8) is 0 Å². The molecule has 0 spiro atoms. The number of ether oxygens (including phenoxy) is 3. The summed E-state index contributed by atoms with van der Waals surface area (Å²) in [5.74, 6) is 1.99. The normalized spacial score (nSPS) is 10.5. The Morgan fingerprint density at radius 3 is 2.29 bits per heavy atom. The van der Waals surface area contributed by atoms with Crippen LogP contribution >= 0.6 is 0 Å². The number of hydrogen-bond acceptors (Lipinski definition) is 4. The summed E-state index contributed by atoms with van der Waals surface area (Å²) in [6.07, 6.45) is 3.95. The van der Waals surface area contributed by atoms with E-state index in [1.54, 1.807) is 51.7 Å². The summed E-state index contributed by atoms with van der Waals surface area (Å²) in [7, 11) is 4.79. The summed E-state index contributed by atoms with van der Waals surface area (Å²) in [6.45, 7) is 0. The number of carbonyl (C=O) groups excluding carboxylic acids is 1. The van der Waals surface area contributed by atoms with Gasteiger partial charge in [0.1, 0.15) is 5.75 Å². The van der Waals surface area contributed by atoms with Crippen LogP contribution in [0, 0.1) is 0 Å². The van der Waals surface area contributed by atoms with E-state index < -0.39 is 0 Å². The van der Waals surface area contributed by atoms with Crippen LogP contribution in [0.3, 0.4) is 0 Å². The summed E-state index contributed by atoms with van der Waals surface area (Å²) >= 11 is 0. The van der Waals surface area contributed by atoms with Crippen LogP contribution in [0.4, 0.5) is 5.69 Å². The third-order valence-electron chi connectivity index (χ3n) is 3.39. The van der Waals surface area contributed by atoms with Crippen LogP contribution in [0.15, 0.2) is 48.5 Å². The van der Waals surface area contributed by atoms with Gasteiger partial charge in [-0.25, -0.2) is 0 Å². The molecule has 24 heavy (non-hydrogen) atoms. The Morgan fingerprint density at radius 2 is 1.67 bits per heavy atom. The van der Waals surface area contributed by atoms with Crippen molar-refractivity contribution in [3.05, 3.63) is 54.1 Å². The predicted octanol–water partition coefficient (Wildman–Crippen LogP) is 3.75. The maximum absolute atomic E-state index is 11.9. The zero-order valence-corrected chi connectivity index (χ0v) is 14.0. The highest BCUT2D eigenvalue weighted by Crippen LogP contribution is 2.28. The highest BCUT2D eigenvalue weighted by Gasteiger charge is 2.03. The zero-order valence-electron chi connectivity index (χ0n) is 14.0. The molecule has 5 nitrogen and oxygen atoms in total. The SMILES string of the molecule is COc1ccc(NC(=O)C/C=C/c2ccc(OC)c(OC)c2)cc1. The van der Waals surface area contributed by atoms with Gasteiger partial charge in [0, 0.05) is 12.1 Å². The Hall–Kier alpha value is -2.95. The van der Waals surface area contributed by atoms with E-state index in [9.17, 15) is 4.79 Å². The molecule has 0 aliphatic carbocycles. The molecule has 1 amide bonds. The fraction of sp³-hybridized carbons (Fsp3) is 0.211. The predicted molar refractivity (Wildman–Crippen MR) is 94.8 cm³/mol. The lowest BCUT2D eigenvalue weighted by Gasteiger charge is -2.07. The average molecular weight is 327 g/mol. The molecule has 2 rings (SSSR count). The van der Waals surface area contributed by atoms with E-state index in [0.29, 0.717) is 11.5 Å². The third kappa shape index (κ3) is 4.78. The number of rotatable bonds is 7. The average Bonchev–Trinajstić information content (AvgIpc) is 2.62. The van der Waals surface area contributed by atoms with Crippen molar-refractivity contribution < 1.29 is 19.0 Å². The number of benzene rings is 2. The Labute approximate surface area is 141 Å². The highest BCUT2D eigenvalue weighted by molar-refractivity contribution is 5.92. The van der Waals surface area contributed by atoms with Crippen molar-refractivity contribution in [2.45, 2.75) is 6.42 Å². The molecule has 5 heteroatoms. The second-order valence-corrected chi connectivity index (χ2v) is 5.00. The minimum Gasteiger partial charge on any atom is -0.497 e. The van der Waals surface area contributed by atoms with Gasteiger partial charge in [-0.3, -0.25) is 4.79 Å². The molecule has 0 saturated carbocycles. The van der Waals surface area contributed by atoms with Crippen molar-refractivity contribution in [2.24, 2.45) is 0 Å². The molecule has 0 unspecified atom stereocenters. The molecule has 0 fully saturated rings. The van der Waals surface area contributed by atoms with Gasteiger partial charge in [-0.05, 0) is 42.0 Å². The van der Waals surface area contributed by atoms with Crippen molar-refractivity contribution in [3.8, 4) is 17.2 Å². The molecular weight excluding hydrogens is 306 g/mol. The second kappa shape index (κ2) is 8.62. The topological polar surface area (TPSA) is 56.8 Å². The molecule has 0 saturated heterocycles. The number of hydrogen-bond donors (Lipinski definition) is 1. The van der Waals surface area contributed by atoms with E-state index in [2.05, 4.69) is 5.32 Å². The van der Waals surface area contributed by atoms with Gasteiger partial charge < -0.3 is 19.5 Å². The Kier molecular flexibility index (Phi) is 6.25. The van der Waals surface area contributed by atoms with Crippen LogP contribution in [0.25, 0.3) is 6.08 Å². The smallest absolute Gasteiger partial charge is 0.228 e. The van der Waals surface area contributed by atoms with Crippen LogP contribution in [0.2, 0.25) is 0 Å². The third-order valence-corrected chi connectivity index (χ3v) is 3.39. The van der Waals surface area contributed by atoms with Gasteiger partial charge in [-0.2, -0.15) is 0 Å². The van der Waals surface area contributed by atoms with E-state index >= 15 is 0 Å². The van der Waals surface area contributed by atoms with E-state index in [0.717, 1.165) is 17.0 Å². The minimum absolute atomic E-state index is 0.0862. The minimum atomic E-state index is -0.0862. The molecule has 2 aromatic carbocycles. The lowest BCUT2D eigenvalue weighted by atomic mass is 10.1. The molecule has 0 heterocycles. The lowest BCUT2D eigenvalue weighted by Crippen LogP contribution is -2.09. The summed E-state index contributed by atoms with van der Waals surface area (Å²) in [5, 5.41) is 2.83. The first kappa shape index (κ1) is 17.4. The van der Waals surface area contributed by atoms with Gasteiger partial charge in [-0.1, -0.05) is 18.2 Å². The van der Waals surface area contributed by atoms with Gasteiger partial charge in [-0.15, -0.1) is 0 Å². The Balaban J connectivity index is 1.91. The Morgan fingerprint density at radius 1 is 0.958 bits per heavy atom. The van der Waals surface area contributed by atoms with Gasteiger partial charge in [0.2, 0.25) is 5.91 Å². The van der Waals surface area contributed by atoms with Crippen LogP contribution in [-0.2, 0) is 4.79 Å². The van der Waals surface area contributed by atoms with E-state index in [-0.39, 0.29) is 12.3 Å². The number of nitrogens with one attached hydrogen (secondary N) is 1. The number of carbonyl (C=O) groups is 1. The molecule has 0 bridgehead atoms.